The Hall–Kier alpha value is -0.0551. The average Bonchev–Trinajstić information content (AvgIpc) is 1.59. The van der Waals surface area contributed by atoms with Crippen molar-refractivity contribution < 1.29 is 15.2 Å². The third-order valence-corrected chi connectivity index (χ3v) is 1.01. The monoisotopic (exact) mass is 132 g/mol. The Kier molecular flexibility index (Phi) is 3.18. The minimum atomic E-state index is -1.29. The third kappa shape index (κ3) is 7.94. The molecule has 54 valence electrons. The minimum absolute atomic E-state index is 0.226. The fourth-order valence-electron chi connectivity index (χ4n) is 0.482. The molecular weight excluding hydrogens is 119 g/mol. The molecule has 0 aliphatic carbocycles. The molecule has 0 saturated heterocycles. The smallest absolute Gasteiger partial charge is 0.427 e. The maximum atomic E-state index is 9.04. The van der Waals surface area contributed by atoms with Gasteiger partial charge >= 0.3 is 7.12 Å². The summed E-state index contributed by atoms with van der Waals surface area (Å²) in [5, 5.41) is 25.8. The van der Waals surface area contributed by atoms with Crippen molar-refractivity contribution in [2.75, 3.05) is 0 Å². The summed E-state index contributed by atoms with van der Waals surface area (Å²) in [7, 11) is -1.29. The van der Waals surface area contributed by atoms with Crippen LogP contribution >= 0.6 is 0 Å². The summed E-state index contributed by atoms with van der Waals surface area (Å²) in [6, 6.07) is 0. The van der Waals surface area contributed by atoms with Crippen LogP contribution in [0.2, 0.25) is 6.32 Å². The van der Waals surface area contributed by atoms with Crippen LogP contribution in [0.1, 0.15) is 20.3 Å². The van der Waals surface area contributed by atoms with E-state index in [1.807, 2.05) is 0 Å². The molecule has 0 radical (unpaired) electrons. The second-order valence-corrected chi connectivity index (χ2v) is 2.83. The molecule has 0 aliphatic rings. The minimum Gasteiger partial charge on any atom is -0.427 e. The Labute approximate surface area is 55.5 Å². The summed E-state index contributed by atoms with van der Waals surface area (Å²) < 4.78 is 0. The first-order valence-corrected chi connectivity index (χ1v) is 3.00. The quantitative estimate of drug-likeness (QED) is 0.458. The van der Waals surface area contributed by atoms with Gasteiger partial charge in [0.15, 0.2) is 0 Å². The highest BCUT2D eigenvalue weighted by atomic mass is 16.4. The van der Waals surface area contributed by atoms with Crippen molar-refractivity contribution in [3.05, 3.63) is 0 Å². The molecule has 9 heavy (non-hydrogen) atoms. The molecule has 0 saturated carbocycles. The first kappa shape index (κ1) is 8.94. The van der Waals surface area contributed by atoms with E-state index in [4.69, 9.17) is 15.2 Å². The highest BCUT2D eigenvalue weighted by Gasteiger charge is 2.16. The molecule has 0 aliphatic heterocycles. The van der Waals surface area contributed by atoms with E-state index in [0.717, 1.165) is 0 Å². The van der Waals surface area contributed by atoms with Gasteiger partial charge in [-0.05, 0) is 26.6 Å². The van der Waals surface area contributed by atoms with Crippen LogP contribution in [0.15, 0.2) is 0 Å². The Morgan fingerprint density at radius 3 is 1.89 bits per heavy atom. The second kappa shape index (κ2) is 3.20. The van der Waals surface area contributed by atoms with Gasteiger partial charge in [0.25, 0.3) is 0 Å². The number of hydrogen-bond acceptors (Lipinski definition) is 3. The van der Waals surface area contributed by atoms with E-state index in [9.17, 15) is 0 Å². The van der Waals surface area contributed by atoms with E-state index in [2.05, 4.69) is 0 Å². The zero-order valence-corrected chi connectivity index (χ0v) is 5.83. The largest absolute Gasteiger partial charge is 0.451 e. The van der Waals surface area contributed by atoms with Gasteiger partial charge in [0.2, 0.25) is 0 Å². The van der Waals surface area contributed by atoms with Crippen LogP contribution < -0.4 is 0 Å². The Bertz CT molecular complexity index is 76.8. The molecule has 0 amide bonds. The van der Waals surface area contributed by atoms with E-state index in [1.54, 1.807) is 13.8 Å². The van der Waals surface area contributed by atoms with E-state index < -0.39 is 12.7 Å². The van der Waals surface area contributed by atoms with Crippen LogP contribution in [0.4, 0.5) is 0 Å². The maximum absolute atomic E-state index is 9.04. The van der Waals surface area contributed by atoms with Crippen LogP contribution in [0.25, 0.3) is 0 Å². The average molecular weight is 132 g/mol. The van der Waals surface area contributed by atoms with Gasteiger partial charge in [0.05, 0.1) is 5.60 Å². The highest BCUT2D eigenvalue weighted by molar-refractivity contribution is 6.40. The molecule has 0 unspecified atom stereocenters. The molecule has 0 atom stereocenters. The zero-order valence-electron chi connectivity index (χ0n) is 5.83. The van der Waals surface area contributed by atoms with Crippen LogP contribution in [0, 0.1) is 0 Å². The van der Waals surface area contributed by atoms with Gasteiger partial charge in [0, 0.05) is 0 Å². The van der Waals surface area contributed by atoms with E-state index in [0.29, 0.717) is 6.42 Å². The van der Waals surface area contributed by atoms with Crippen molar-refractivity contribution in [1.29, 1.82) is 0 Å². The summed E-state index contributed by atoms with van der Waals surface area (Å²) >= 11 is 0. The summed E-state index contributed by atoms with van der Waals surface area (Å²) in [6.45, 7) is 3.27. The zero-order chi connectivity index (χ0) is 7.49. The summed E-state index contributed by atoms with van der Waals surface area (Å²) in [6.07, 6.45) is 0.633. The van der Waals surface area contributed by atoms with Crippen molar-refractivity contribution in [3.63, 3.8) is 0 Å². The number of aliphatic hydroxyl groups is 1. The molecule has 0 rings (SSSR count). The van der Waals surface area contributed by atoms with E-state index in [1.165, 1.54) is 0 Å². The van der Waals surface area contributed by atoms with E-state index in [-0.39, 0.29) is 6.32 Å². The number of rotatable bonds is 3. The molecule has 0 heterocycles. The van der Waals surface area contributed by atoms with Crippen LogP contribution in [-0.2, 0) is 0 Å². The van der Waals surface area contributed by atoms with Crippen molar-refractivity contribution >= 4 is 7.12 Å². The summed E-state index contributed by atoms with van der Waals surface area (Å²) in [5.41, 5.74) is -0.788. The first-order valence-electron chi connectivity index (χ1n) is 3.00. The van der Waals surface area contributed by atoms with Crippen molar-refractivity contribution in [2.45, 2.75) is 32.2 Å². The van der Waals surface area contributed by atoms with Gasteiger partial charge in [-0.15, -0.1) is 0 Å². The molecular formula is C5H13BO3. The Balaban J connectivity index is 3.28. The summed E-state index contributed by atoms with van der Waals surface area (Å²) in [4.78, 5) is 0. The van der Waals surface area contributed by atoms with Gasteiger partial charge in [-0.25, -0.2) is 0 Å². The molecule has 0 spiro atoms. The molecule has 0 bridgehead atoms. The molecule has 4 heteroatoms. The predicted octanol–water partition coefficient (Wildman–Crippen LogP) is -0.380. The fourth-order valence-corrected chi connectivity index (χ4v) is 0.482. The molecule has 3 nitrogen and oxygen atoms in total. The lowest BCUT2D eigenvalue weighted by atomic mass is 9.80. The van der Waals surface area contributed by atoms with Crippen molar-refractivity contribution in [1.82, 2.24) is 0 Å². The SMILES string of the molecule is CC(C)(O)CCB(O)O. The second-order valence-electron chi connectivity index (χ2n) is 2.83. The highest BCUT2D eigenvalue weighted by Crippen LogP contribution is 2.10. The Morgan fingerprint density at radius 1 is 1.33 bits per heavy atom. The Morgan fingerprint density at radius 2 is 1.78 bits per heavy atom. The van der Waals surface area contributed by atoms with E-state index >= 15 is 0 Å². The predicted molar refractivity (Wildman–Crippen MR) is 35.9 cm³/mol. The van der Waals surface area contributed by atoms with Gasteiger partial charge in [-0.3, -0.25) is 0 Å². The standard InChI is InChI=1S/C5H13BO3/c1-5(2,7)3-4-6(8)9/h7-9H,3-4H2,1-2H3. The van der Waals surface area contributed by atoms with Gasteiger partial charge in [-0.2, -0.15) is 0 Å². The first-order chi connectivity index (χ1) is 3.92. The molecule has 0 aromatic heterocycles. The lowest BCUT2D eigenvalue weighted by molar-refractivity contribution is 0.0745. The number of hydrogen-bond donors (Lipinski definition) is 3. The molecule has 3 N–H and O–H groups in total. The fraction of sp³-hybridized carbons (Fsp3) is 1.00. The lowest BCUT2D eigenvalue weighted by Gasteiger charge is -2.15. The van der Waals surface area contributed by atoms with Gasteiger partial charge < -0.3 is 15.2 Å². The van der Waals surface area contributed by atoms with Gasteiger partial charge in [-0.1, -0.05) is 0 Å². The summed E-state index contributed by atoms with van der Waals surface area (Å²) in [5.74, 6) is 0. The van der Waals surface area contributed by atoms with Crippen molar-refractivity contribution in [3.8, 4) is 0 Å². The third-order valence-electron chi connectivity index (χ3n) is 1.01. The van der Waals surface area contributed by atoms with Gasteiger partial charge in [0.1, 0.15) is 0 Å². The lowest BCUT2D eigenvalue weighted by Crippen LogP contribution is -2.22. The normalized spacial score (nSPS) is 11.7. The van der Waals surface area contributed by atoms with Crippen LogP contribution in [-0.4, -0.2) is 27.9 Å². The molecule has 0 aromatic rings. The van der Waals surface area contributed by atoms with Crippen molar-refractivity contribution in [2.24, 2.45) is 0 Å². The molecule has 0 aromatic carbocycles. The topological polar surface area (TPSA) is 60.7 Å². The molecule has 0 fully saturated rings. The van der Waals surface area contributed by atoms with Crippen LogP contribution in [0.3, 0.4) is 0 Å². The maximum Gasteiger partial charge on any atom is 0.451 e. The van der Waals surface area contributed by atoms with Crippen LogP contribution in [0.5, 0.6) is 0 Å².